The standard InChI is InChI=1S/C29H21IN2O4S/c1-32-27(33)26(37-29(32)31-23-11-9-21(10-12-23)28(34)35)16-18-7-13-25(24(30)15-18)36-17-19-6-8-20-4-2-3-5-22(20)14-19/h2-16H,17H2,1H3,(H,34,35)/b26-16-,31-29?. The molecule has 37 heavy (non-hydrogen) atoms. The van der Waals surface area contributed by atoms with Gasteiger partial charge in [-0.3, -0.25) is 9.69 Å². The van der Waals surface area contributed by atoms with E-state index >= 15 is 0 Å². The highest BCUT2D eigenvalue weighted by atomic mass is 127. The molecule has 0 aliphatic carbocycles. The Morgan fingerprint density at radius 3 is 2.51 bits per heavy atom. The monoisotopic (exact) mass is 620 g/mol. The first-order chi connectivity index (χ1) is 17.9. The maximum absolute atomic E-state index is 12.8. The first-order valence-corrected chi connectivity index (χ1v) is 13.3. The molecule has 6 nitrogen and oxygen atoms in total. The molecule has 0 radical (unpaired) electrons. The molecule has 4 aromatic carbocycles. The van der Waals surface area contributed by atoms with Crippen LogP contribution in [0.15, 0.2) is 94.8 Å². The molecule has 1 N–H and O–H groups in total. The van der Waals surface area contributed by atoms with Gasteiger partial charge in [0.15, 0.2) is 5.17 Å². The van der Waals surface area contributed by atoms with Gasteiger partial charge in [-0.05, 0) is 105 Å². The third-order valence-corrected chi connectivity index (χ3v) is 7.71. The van der Waals surface area contributed by atoms with Gasteiger partial charge in [-0.2, -0.15) is 0 Å². The predicted molar refractivity (Wildman–Crippen MR) is 156 cm³/mol. The molecule has 1 fully saturated rings. The number of nitrogens with zero attached hydrogens (tertiary/aromatic N) is 2. The van der Waals surface area contributed by atoms with Crippen LogP contribution in [0, 0.1) is 3.57 Å². The normalized spacial score (nSPS) is 15.6. The van der Waals surface area contributed by atoms with Gasteiger partial charge >= 0.3 is 5.97 Å². The van der Waals surface area contributed by atoms with Gasteiger partial charge in [-0.25, -0.2) is 9.79 Å². The van der Waals surface area contributed by atoms with Crippen molar-refractivity contribution in [1.82, 2.24) is 4.90 Å². The molecular weight excluding hydrogens is 599 g/mol. The Morgan fingerprint density at radius 1 is 1.03 bits per heavy atom. The Hall–Kier alpha value is -3.63. The number of hydrogen-bond donors (Lipinski definition) is 1. The van der Waals surface area contributed by atoms with Crippen molar-refractivity contribution in [2.45, 2.75) is 6.61 Å². The molecule has 1 heterocycles. The number of likely N-dealkylation sites (N-methyl/N-ethyl adjacent to an activating group) is 1. The van der Waals surface area contributed by atoms with Gasteiger partial charge < -0.3 is 9.84 Å². The highest BCUT2D eigenvalue weighted by Gasteiger charge is 2.30. The molecule has 0 aromatic heterocycles. The number of ether oxygens (including phenoxy) is 1. The highest BCUT2D eigenvalue weighted by molar-refractivity contribution is 14.1. The van der Waals surface area contributed by atoms with Crippen LogP contribution in [-0.2, 0) is 11.4 Å². The van der Waals surface area contributed by atoms with Crippen LogP contribution < -0.4 is 4.74 Å². The van der Waals surface area contributed by atoms with Crippen LogP contribution in [0.2, 0.25) is 0 Å². The van der Waals surface area contributed by atoms with E-state index in [0.29, 0.717) is 22.4 Å². The van der Waals surface area contributed by atoms with E-state index in [-0.39, 0.29) is 11.5 Å². The minimum Gasteiger partial charge on any atom is -0.488 e. The van der Waals surface area contributed by atoms with E-state index in [0.717, 1.165) is 20.4 Å². The van der Waals surface area contributed by atoms with E-state index in [1.54, 1.807) is 19.2 Å². The van der Waals surface area contributed by atoms with Crippen LogP contribution in [0.1, 0.15) is 21.5 Å². The number of aromatic carboxylic acids is 1. The summed E-state index contributed by atoms with van der Waals surface area (Å²) < 4.78 is 7.03. The molecule has 0 saturated carbocycles. The topological polar surface area (TPSA) is 79.2 Å². The second-order valence-electron chi connectivity index (χ2n) is 8.38. The van der Waals surface area contributed by atoms with Crippen molar-refractivity contribution in [3.8, 4) is 5.75 Å². The second-order valence-corrected chi connectivity index (χ2v) is 10.6. The molecule has 1 saturated heterocycles. The van der Waals surface area contributed by atoms with E-state index in [4.69, 9.17) is 9.84 Å². The van der Waals surface area contributed by atoms with Gasteiger partial charge in [0, 0.05) is 7.05 Å². The maximum atomic E-state index is 12.8. The first kappa shape index (κ1) is 25.0. The SMILES string of the molecule is CN1C(=O)/C(=C/c2ccc(OCc3ccc4ccccc4c3)c(I)c2)SC1=Nc1ccc(C(=O)O)cc1. The van der Waals surface area contributed by atoms with Gasteiger partial charge in [0.05, 0.1) is 19.7 Å². The molecule has 0 spiro atoms. The fraction of sp³-hybridized carbons (Fsp3) is 0.0690. The zero-order chi connectivity index (χ0) is 25.9. The molecule has 0 atom stereocenters. The van der Waals surface area contributed by atoms with Crippen molar-refractivity contribution < 1.29 is 19.4 Å². The van der Waals surface area contributed by atoms with Crippen molar-refractivity contribution in [3.05, 3.63) is 110 Å². The number of thioether (sulfide) groups is 1. The number of hydrogen-bond acceptors (Lipinski definition) is 5. The summed E-state index contributed by atoms with van der Waals surface area (Å²) in [6.07, 6.45) is 1.84. The Kier molecular flexibility index (Phi) is 7.29. The van der Waals surface area contributed by atoms with Crippen LogP contribution in [-0.4, -0.2) is 34.1 Å². The number of amidine groups is 1. The lowest BCUT2D eigenvalue weighted by Crippen LogP contribution is -2.23. The lowest BCUT2D eigenvalue weighted by Gasteiger charge is -2.10. The van der Waals surface area contributed by atoms with Crippen molar-refractivity contribution in [3.63, 3.8) is 0 Å². The van der Waals surface area contributed by atoms with E-state index < -0.39 is 5.97 Å². The number of amides is 1. The zero-order valence-corrected chi connectivity index (χ0v) is 22.7. The van der Waals surface area contributed by atoms with Crippen molar-refractivity contribution in [1.29, 1.82) is 0 Å². The summed E-state index contributed by atoms with van der Waals surface area (Å²) >= 11 is 3.53. The van der Waals surface area contributed by atoms with Gasteiger partial charge in [0.2, 0.25) is 0 Å². The average molecular weight is 620 g/mol. The van der Waals surface area contributed by atoms with Gasteiger partial charge in [-0.15, -0.1) is 0 Å². The summed E-state index contributed by atoms with van der Waals surface area (Å²) in [6.45, 7) is 0.466. The number of carboxylic acids is 1. The van der Waals surface area contributed by atoms with Crippen LogP contribution in [0.3, 0.4) is 0 Å². The highest BCUT2D eigenvalue weighted by Crippen LogP contribution is 2.34. The largest absolute Gasteiger partial charge is 0.488 e. The Balaban J connectivity index is 1.29. The summed E-state index contributed by atoms with van der Waals surface area (Å²) in [7, 11) is 1.67. The smallest absolute Gasteiger partial charge is 0.335 e. The van der Waals surface area contributed by atoms with Crippen LogP contribution in [0.5, 0.6) is 5.75 Å². The minimum absolute atomic E-state index is 0.141. The Labute approximate surface area is 231 Å². The number of carbonyl (C=O) groups is 2. The van der Waals surface area contributed by atoms with Crippen LogP contribution in [0.4, 0.5) is 5.69 Å². The Morgan fingerprint density at radius 2 is 1.78 bits per heavy atom. The summed E-state index contributed by atoms with van der Waals surface area (Å²) in [4.78, 5) is 30.4. The molecule has 184 valence electrons. The minimum atomic E-state index is -0.994. The quantitative estimate of drug-likeness (QED) is 0.186. The molecule has 1 amide bonds. The predicted octanol–water partition coefficient (Wildman–Crippen LogP) is 6.96. The van der Waals surface area contributed by atoms with Crippen molar-refractivity contribution in [2.24, 2.45) is 4.99 Å². The van der Waals surface area contributed by atoms with E-state index in [9.17, 15) is 9.59 Å². The van der Waals surface area contributed by atoms with Crippen LogP contribution >= 0.6 is 34.4 Å². The first-order valence-electron chi connectivity index (χ1n) is 11.4. The summed E-state index contributed by atoms with van der Waals surface area (Å²) in [6, 6.07) is 26.6. The van der Waals surface area contributed by atoms with Gasteiger partial charge in [-0.1, -0.05) is 42.5 Å². The molecule has 0 bridgehead atoms. The molecule has 5 rings (SSSR count). The number of halogens is 1. The zero-order valence-electron chi connectivity index (χ0n) is 19.7. The third kappa shape index (κ3) is 5.70. The number of rotatable bonds is 6. The molecule has 8 heteroatoms. The summed E-state index contributed by atoms with van der Waals surface area (Å²) in [5.41, 5.74) is 2.75. The van der Waals surface area contributed by atoms with E-state index in [2.05, 4.69) is 57.9 Å². The maximum Gasteiger partial charge on any atom is 0.335 e. The fourth-order valence-electron chi connectivity index (χ4n) is 3.81. The molecule has 1 aliphatic heterocycles. The number of benzene rings is 4. The lowest BCUT2D eigenvalue weighted by molar-refractivity contribution is -0.121. The van der Waals surface area contributed by atoms with Gasteiger partial charge in [0.1, 0.15) is 12.4 Å². The van der Waals surface area contributed by atoms with E-state index in [1.165, 1.54) is 39.6 Å². The second kappa shape index (κ2) is 10.8. The lowest BCUT2D eigenvalue weighted by atomic mass is 10.1. The van der Waals surface area contributed by atoms with Crippen molar-refractivity contribution >= 4 is 73.9 Å². The molecule has 1 aliphatic rings. The number of carboxylic acid groups (broad SMARTS) is 1. The molecule has 0 unspecified atom stereocenters. The summed E-state index contributed by atoms with van der Waals surface area (Å²) in [5, 5.41) is 12.0. The number of fused-ring (bicyclic) bond motifs is 1. The third-order valence-electron chi connectivity index (χ3n) is 5.80. The van der Waals surface area contributed by atoms with Crippen LogP contribution in [0.25, 0.3) is 16.8 Å². The molecule has 4 aromatic rings. The average Bonchev–Trinajstić information content (AvgIpc) is 3.16. The number of carbonyl (C=O) groups excluding carboxylic acids is 1. The van der Waals surface area contributed by atoms with Crippen molar-refractivity contribution in [2.75, 3.05) is 7.05 Å². The van der Waals surface area contributed by atoms with Gasteiger partial charge in [0.25, 0.3) is 5.91 Å². The Bertz CT molecular complexity index is 1580. The fourth-order valence-corrected chi connectivity index (χ4v) is 5.49. The summed E-state index contributed by atoms with van der Waals surface area (Å²) in [5.74, 6) is -0.352. The number of aliphatic imine (C=N–C) groups is 1. The van der Waals surface area contributed by atoms with E-state index in [1.807, 2.05) is 36.4 Å². The molecular formula is C29H21IN2O4S.